The van der Waals surface area contributed by atoms with Crippen molar-refractivity contribution < 1.29 is 14.6 Å². The van der Waals surface area contributed by atoms with Crippen molar-refractivity contribution in [2.45, 2.75) is 44.2 Å². The summed E-state index contributed by atoms with van der Waals surface area (Å²) < 4.78 is 5.29. The molecule has 2 rings (SSSR count). The van der Waals surface area contributed by atoms with Gasteiger partial charge in [-0.3, -0.25) is 4.79 Å². The van der Waals surface area contributed by atoms with Gasteiger partial charge in [0.2, 0.25) is 0 Å². The summed E-state index contributed by atoms with van der Waals surface area (Å²) in [5.41, 5.74) is 0. The van der Waals surface area contributed by atoms with E-state index in [-0.39, 0.29) is 5.92 Å². The molecule has 15 heavy (non-hydrogen) atoms. The maximum atomic E-state index is 10.8. The van der Waals surface area contributed by atoms with Gasteiger partial charge in [-0.15, -0.1) is 0 Å². The number of carboxylic acid groups (broad SMARTS) is 1. The molecule has 0 spiro atoms. The summed E-state index contributed by atoms with van der Waals surface area (Å²) in [6, 6.07) is 0.950. The highest BCUT2D eigenvalue weighted by Crippen LogP contribution is 2.26. The van der Waals surface area contributed by atoms with Crippen LogP contribution in [-0.2, 0) is 9.53 Å². The van der Waals surface area contributed by atoms with Gasteiger partial charge < -0.3 is 15.2 Å². The first kappa shape index (κ1) is 10.9. The van der Waals surface area contributed by atoms with Crippen LogP contribution in [0.15, 0.2) is 0 Å². The van der Waals surface area contributed by atoms with Crippen molar-refractivity contribution in [1.82, 2.24) is 5.32 Å². The molecule has 2 aliphatic rings. The molecule has 2 fully saturated rings. The van der Waals surface area contributed by atoms with Gasteiger partial charge >= 0.3 is 5.97 Å². The first-order valence-corrected chi connectivity index (χ1v) is 5.82. The lowest BCUT2D eigenvalue weighted by Crippen LogP contribution is -2.40. The van der Waals surface area contributed by atoms with E-state index in [1.54, 1.807) is 0 Å². The van der Waals surface area contributed by atoms with E-state index in [0.717, 1.165) is 45.3 Å². The van der Waals surface area contributed by atoms with Crippen LogP contribution < -0.4 is 5.32 Å². The third kappa shape index (κ3) is 2.92. The van der Waals surface area contributed by atoms with Crippen LogP contribution in [0.2, 0.25) is 0 Å². The second-order valence-corrected chi connectivity index (χ2v) is 4.60. The molecule has 1 heterocycles. The van der Waals surface area contributed by atoms with Gasteiger partial charge in [-0.2, -0.15) is 0 Å². The Morgan fingerprint density at radius 3 is 2.47 bits per heavy atom. The van der Waals surface area contributed by atoms with E-state index in [2.05, 4.69) is 5.32 Å². The Morgan fingerprint density at radius 2 is 1.87 bits per heavy atom. The highest BCUT2D eigenvalue weighted by atomic mass is 16.5. The smallest absolute Gasteiger partial charge is 0.306 e. The van der Waals surface area contributed by atoms with Crippen LogP contribution in [0.25, 0.3) is 0 Å². The molecule has 0 bridgehead atoms. The molecule has 0 amide bonds. The van der Waals surface area contributed by atoms with Crippen LogP contribution in [0, 0.1) is 5.92 Å². The number of ether oxygens (including phenoxy) is 1. The Labute approximate surface area is 90.0 Å². The number of rotatable bonds is 3. The van der Waals surface area contributed by atoms with Gasteiger partial charge in [0.05, 0.1) is 5.92 Å². The summed E-state index contributed by atoms with van der Waals surface area (Å²) in [5.74, 6) is -0.756. The molecule has 1 saturated carbocycles. The molecule has 0 aromatic carbocycles. The Hall–Kier alpha value is -0.610. The molecule has 1 saturated heterocycles. The van der Waals surface area contributed by atoms with Crippen LogP contribution in [0.5, 0.6) is 0 Å². The third-order valence-electron chi connectivity index (χ3n) is 3.47. The second kappa shape index (κ2) is 4.94. The monoisotopic (exact) mass is 213 g/mol. The molecule has 2 unspecified atom stereocenters. The average molecular weight is 213 g/mol. The first-order chi connectivity index (χ1) is 7.25. The van der Waals surface area contributed by atoms with E-state index in [9.17, 15) is 4.79 Å². The van der Waals surface area contributed by atoms with Crippen LogP contribution in [0.1, 0.15) is 32.1 Å². The number of nitrogens with one attached hydrogen (secondary N) is 1. The minimum atomic E-state index is -0.633. The lowest BCUT2D eigenvalue weighted by molar-refractivity contribution is -0.141. The van der Waals surface area contributed by atoms with Crippen LogP contribution >= 0.6 is 0 Å². The van der Waals surface area contributed by atoms with Crippen molar-refractivity contribution in [2.75, 3.05) is 13.2 Å². The van der Waals surface area contributed by atoms with Gasteiger partial charge in [-0.1, -0.05) is 0 Å². The van der Waals surface area contributed by atoms with Crippen molar-refractivity contribution in [3.8, 4) is 0 Å². The van der Waals surface area contributed by atoms with Crippen molar-refractivity contribution in [2.24, 2.45) is 5.92 Å². The minimum absolute atomic E-state index is 0.123. The number of hydrogen-bond acceptors (Lipinski definition) is 3. The van der Waals surface area contributed by atoms with Gasteiger partial charge in [0.25, 0.3) is 0 Å². The number of carbonyl (C=O) groups is 1. The average Bonchev–Trinajstić information content (AvgIpc) is 2.68. The van der Waals surface area contributed by atoms with E-state index in [4.69, 9.17) is 9.84 Å². The van der Waals surface area contributed by atoms with E-state index in [1.165, 1.54) is 0 Å². The standard InChI is InChI=1S/C11H19NO3/c13-11(14)8-1-2-10(7-8)12-9-3-5-15-6-4-9/h8-10,12H,1-7H2,(H,13,14). The van der Waals surface area contributed by atoms with E-state index < -0.39 is 5.97 Å². The van der Waals surface area contributed by atoms with Gasteiger partial charge in [0, 0.05) is 25.3 Å². The van der Waals surface area contributed by atoms with Crippen LogP contribution in [0.4, 0.5) is 0 Å². The number of hydrogen-bond donors (Lipinski definition) is 2. The van der Waals surface area contributed by atoms with E-state index in [1.807, 2.05) is 0 Å². The summed E-state index contributed by atoms with van der Waals surface area (Å²) >= 11 is 0. The maximum absolute atomic E-state index is 10.8. The minimum Gasteiger partial charge on any atom is -0.481 e. The Bertz CT molecular complexity index is 226. The normalized spacial score (nSPS) is 33.1. The molecule has 4 heteroatoms. The third-order valence-corrected chi connectivity index (χ3v) is 3.47. The summed E-state index contributed by atoms with van der Waals surface area (Å²) in [5, 5.41) is 12.4. The SMILES string of the molecule is O=C(O)C1CCC(NC2CCOCC2)C1. The molecular weight excluding hydrogens is 194 g/mol. The molecule has 2 atom stereocenters. The number of carboxylic acids is 1. The highest BCUT2D eigenvalue weighted by molar-refractivity contribution is 5.70. The molecule has 86 valence electrons. The van der Waals surface area contributed by atoms with Crippen molar-refractivity contribution in [3.63, 3.8) is 0 Å². The second-order valence-electron chi connectivity index (χ2n) is 4.60. The molecule has 4 nitrogen and oxygen atoms in total. The van der Waals surface area contributed by atoms with Crippen LogP contribution in [0.3, 0.4) is 0 Å². The van der Waals surface area contributed by atoms with Gasteiger partial charge in [-0.25, -0.2) is 0 Å². The molecule has 1 aliphatic carbocycles. The van der Waals surface area contributed by atoms with Gasteiger partial charge in [0.1, 0.15) is 0 Å². The summed E-state index contributed by atoms with van der Waals surface area (Å²) in [4.78, 5) is 10.8. The highest BCUT2D eigenvalue weighted by Gasteiger charge is 2.30. The van der Waals surface area contributed by atoms with Gasteiger partial charge in [-0.05, 0) is 32.1 Å². The zero-order valence-corrected chi connectivity index (χ0v) is 8.95. The summed E-state index contributed by atoms with van der Waals surface area (Å²) in [6.07, 6.45) is 4.76. The van der Waals surface area contributed by atoms with Crippen molar-refractivity contribution in [1.29, 1.82) is 0 Å². The zero-order valence-electron chi connectivity index (χ0n) is 8.95. The number of aliphatic carboxylic acids is 1. The lowest BCUT2D eigenvalue weighted by atomic mass is 10.1. The molecule has 0 radical (unpaired) electrons. The van der Waals surface area contributed by atoms with Crippen LogP contribution in [-0.4, -0.2) is 36.4 Å². The quantitative estimate of drug-likeness (QED) is 0.734. The fourth-order valence-electron chi connectivity index (χ4n) is 2.55. The first-order valence-electron chi connectivity index (χ1n) is 5.82. The molecule has 2 N–H and O–H groups in total. The van der Waals surface area contributed by atoms with E-state index >= 15 is 0 Å². The predicted molar refractivity (Wildman–Crippen MR) is 55.7 cm³/mol. The topological polar surface area (TPSA) is 58.6 Å². The largest absolute Gasteiger partial charge is 0.481 e. The van der Waals surface area contributed by atoms with Crippen molar-refractivity contribution in [3.05, 3.63) is 0 Å². The Balaban J connectivity index is 1.74. The Kier molecular flexibility index (Phi) is 3.59. The summed E-state index contributed by atoms with van der Waals surface area (Å²) in [7, 11) is 0. The molecular formula is C11H19NO3. The Morgan fingerprint density at radius 1 is 1.13 bits per heavy atom. The predicted octanol–water partition coefficient (Wildman–Crippen LogP) is 1.01. The fourth-order valence-corrected chi connectivity index (χ4v) is 2.55. The summed E-state index contributed by atoms with van der Waals surface area (Å²) in [6.45, 7) is 1.68. The van der Waals surface area contributed by atoms with Gasteiger partial charge in [0.15, 0.2) is 0 Å². The zero-order chi connectivity index (χ0) is 10.7. The van der Waals surface area contributed by atoms with E-state index in [0.29, 0.717) is 12.1 Å². The molecule has 0 aromatic rings. The molecule has 0 aromatic heterocycles. The van der Waals surface area contributed by atoms with Crippen molar-refractivity contribution >= 4 is 5.97 Å². The fraction of sp³-hybridized carbons (Fsp3) is 0.909. The molecule has 1 aliphatic heterocycles. The maximum Gasteiger partial charge on any atom is 0.306 e. The lowest BCUT2D eigenvalue weighted by Gasteiger charge is -2.26.